The molecule has 4 N–H and O–H groups in total. The van der Waals surface area contributed by atoms with Crippen molar-refractivity contribution in [2.75, 3.05) is 5.32 Å². The molecule has 1 aromatic carbocycles. The van der Waals surface area contributed by atoms with Gasteiger partial charge in [-0.05, 0) is 37.5 Å². The molecule has 5 heteroatoms. The second-order valence-corrected chi connectivity index (χ2v) is 5.43. The summed E-state index contributed by atoms with van der Waals surface area (Å²) in [6.07, 6.45) is 6.10. The van der Waals surface area contributed by atoms with Gasteiger partial charge < -0.3 is 5.32 Å². The smallest absolute Gasteiger partial charge is 0.210 e. The first-order valence-corrected chi connectivity index (χ1v) is 7.14. The molecule has 1 fully saturated rings. The van der Waals surface area contributed by atoms with Gasteiger partial charge in [0, 0.05) is 10.7 Å². The number of guanidine groups is 1. The van der Waals surface area contributed by atoms with Crippen LogP contribution in [0.5, 0.6) is 0 Å². The number of rotatable bonds is 2. The zero-order chi connectivity index (χ0) is 13.7. The van der Waals surface area contributed by atoms with E-state index >= 15 is 0 Å². The van der Waals surface area contributed by atoms with E-state index < -0.39 is 0 Å². The van der Waals surface area contributed by atoms with Crippen LogP contribution in [0.25, 0.3) is 0 Å². The predicted molar refractivity (Wildman–Crippen MR) is 81.4 cm³/mol. The third-order valence-electron chi connectivity index (χ3n) is 3.48. The quantitative estimate of drug-likeness (QED) is 0.337. The Hall–Kier alpha value is -1.26. The number of hydrazine groups is 1. The Labute approximate surface area is 119 Å². The number of nitrogens with two attached hydrogens (primary N) is 1. The molecule has 0 aliphatic heterocycles. The molecule has 1 aliphatic rings. The summed E-state index contributed by atoms with van der Waals surface area (Å²) in [5.41, 5.74) is 4.68. The number of halogens is 1. The molecule has 4 nitrogen and oxygen atoms in total. The topological polar surface area (TPSA) is 62.4 Å². The number of aliphatic imine (C=N–C) groups is 1. The number of hydrogen-bond donors (Lipinski definition) is 3. The molecule has 0 aromatic heterocycles. The van der Waals surface area contributed by atoms with E-state index in [2.05, 4.69) is 15.7 Å². The van der Waals surface area contributed by atoms with Crippen LogP contribution in [0.4, 0.5) is 5.69 Å². The molecule has 0 amide bonds. The maximum Gasteiger partial charge on any atom is 0.210 e. The molecular weight excluding hydrogens is 260 g/mol. The van der Waals surface area contributed by atoms with Gasteiger partial charge in [0.05, 0.1) is 6.04 Å². The molecule has 0 radical (unpaired) electrons. The van der Waals surface area contributed by atoms with Gasteiger partial charge in [-0.1, -0.05) is 36.9 Å². The number of benzene rings is 1. The van der Waals surface area contributed by atoms with E-state index in [0.29, 0.717) is 17.0 Å². The first kappa shape index (κ1) is 14.2. The molecule has 1 saturated carbocycles. The van der Waals surface area contributed by atoms with Gasteiger partial charge >= 0.3 is 0 Å². The second kappa shape index (κ2) is 6.78. The average molecular weight is 281 g/mol. The van der Waals surface area contributed by atoms with Gasteiger partial charge in [0.1, 0.15) is 0 Å². The highest BCUT2D eigenvalue weighted by Crippen LogP contribution is 2.22. The van der Waals surface area contributed by atoms with Gasteiger partial charge in [-0.15, -0.1) is 0 Å². The van der Waals surface area contributed by atoms with Crippen molar-refractivity contribution < 1.29 is 0 Å². The summed E-state index contributed by atoms with van der Waals surface area (Å²) in [5.74, 6) is 6.16. The SMILES string of the molecule is Cc1ccc(Cl)cc1NC(=NC1CCCCC1)NN. The van der Waals surface area contributed by atoms with Crippen molar-refractivity contribution in [3.63, 3.8) is 0 Å². The monoisotopic (exact) mass is 280 g/mol. The van der Waals surface area contributed by atoms with Crippen LogP contribution in [0.2, 0.25) is 5.02 Å². The summed E-state index contributed by atoms with van der Waals surface area (Å²) in [6, 6.07) is 6.09. The lowest BCUT2D eigenvalue weighted by molar-refractivity contribution is 0.442. The van der Waals surface area contributed by atoms with Crippen molar-refractivity contribution in [3.05, 3.63) is 28.8 Å². The highest BCUT2D eigenvalue weighted by Gasteiger charge is 2.13. The Morgan fingerprint density at radius 3 is 2.74 bits per heavy atom. The van der Waals surface area contributed by atoms with Gasteiger partial charge in [0.2, 0.25) is 5.96 Å². The third kappa shape index (κ3) is 4.11. The maximum atomic E-state index is 6.00. The van der Waals surface area contributed by atoms with Gasteiger partial charge in [0.15, 0.2) is 0 Å². The van der Waals surface area contributed by atoms with Gasteiger partial charge in [-0.25, -0.2) is 10.8 Å². The van der Waals surface area contributed by atoms with Crippen molar-refractivity contribution >= 4 is 23.2 Å². The Bertz CT molecular complexity index is 453. The first-order chi connectivity index (χ1) is 9.19. The van der Waals surface area contributed by atoms with Crippen LogP contribution in [0.15, 0.2) is 23.2 Å². The summed E-state index contributed by atoms with van der Waals surface area (Å²) in [5, 5.41) is 3.91. The summed E-state index contributed by atoms with van der Waals surface area (Å²) in [7, 11) is 0. The summed E-state index contributed by atoms with van der Waals surface area (Å²) >= 11 is 6.00. The minimum atomic E-state index is 0.367. The van der Waals surface area contributed by atoms with E-state index in [1.807, 2.05) is 25.1 Å². The lowest BCUT2D eigenvalue weighted by Crippen LogP contribution is -2.37. The summed E-state index contributed by atoms with van der Waals surface area (Å²) in [6.45, 7) is 2.02. The van der Waals surface area contributed by atoms with E-state index in [0.717, 1.165) is 24.1 Å². The fourth-order valence-electron chi connectivity index (χ4n) is 2.35. The van der Waals surface area contributed by atoms with Crippen molar-refractivity contribution in [1.82, 2.24) is 5.43 Å². The molecule has 0 unspecified atom stereocenters. The van der Waals surface area contributed by atoms with Crippen LogP contribution in [0, 0.1) is 6.92 Å². The van der Waals surface area contributed by atoms with Gasteiger partial charge in [0.25, 0.3) is 0 Å². The molecule has 19 heavy (non-hydrogen) atoms. The Kier molecular flexibility index (Phi) is 5.05. The number of nitrogens with one attached hydrogen (secondary N) is 2. The standard InChI is InChI=1S/C14H21ClN4/c1-10-7-8-11(15)9-13(10)18-14(19-16)17-12-5-3-2-4-6-12/h7-9,12H,2-6,16H2,1H3,(H2,17,18,19). The fourth-order valence-corrected chi connectivity index (χ4v) is 2.53. The lowest BCUT2D eigenvalue weighted by Gasteiger charge is -2.20. The van der Waals surface area contributed by atoms with Crippen LogP contribution in [0.3, 0.4) is 0 Å². The molecule has 104 valence electrons. The van der Waals surface area contributed by atoms with Crippen LogP contribution < -0.4 is 16.6 Å². The van der Waals surface area contributed by atoms with Crippen LogP contribution in [-0.4, -0.2) is 12.0 Å². The zero-order valence-electron chi connectivity index (χ0n) is 11.2. The fraction of sp³-hybridized carbons (Fsp3) is 0.500. The first-order valence-electron chi connectivity index (χ1n) is 6.76. The third-order valence-corrected chi connectivity index (χ3v) is 3.71. The van der Waals surface area contributed by atoms with Crippen LogP contribution in [0.1, 0.15) is 37.7 Å². The molecule has 0 heterocycles. The van der Waals surface area contributed by atoms with Gasteiger partial charge in [-0.3, -0.25) is 5.43 Å². The minimum absolute atomic E-state index is 0.367. The Morgan fingerprint density at radius 2 is 2.05 bits per heavy atom. The summed E-state index contributed by atoms with van der Waals surface area (Å²) in [4.78, 5) is 4.65. The Morgan fingerprint density at radius 1 is 1.32 bits per heavy atom. The second-order valence-electron chi connectivity index (χ2n) is 5.00. The molecule has 0 saturated heterocycles. The van der Waals surface area contributed by atoms with E-state index in [1.165, 1.54) is 19.3 Å². The summed E-state index contributed by atoms with van der Waals surface area (Å²) < 4.78 is 0. The molecule has 1 aliphatic carbocycles. The lowest BCUT2D eigenvalue weighted by atomic mass is 9.96. The van der Waals surface area contributed by atoms with Crippen molar-refractivity contribution in [2.45, 2.75) is 45.1 Å². The molecule has 0 bridgehead atoms. The van der Waals surface area contributed by atoms with Crippen LogP contribution >= 0.6 is 11.6 Å². The number of aryl methyl sites for hydroxylation is 1. The average Bonchev–Trinajstić information content (AvgIpc) is 2.43. The molecule has 1 aromatic rings. The normalized spacial score (nSPS) is 17.3. The maximum absolute atomic E-state index is 6.00. The largest absolute Gasteiger partial charge is 0.325 e. The van der Waals surface area contributed by atoms with Crippen molar-refractivity contribution in [3.8, 4) is 0 Å². The highest BCUT2D eigenvalue weighted by atomic mass is 35.5. The molecule has 0 atom stereocenters. The van der Waals surface area contributed by atoms with Crippen LogP contribution in [-0.2, 0) is 0 Å². The number of anilines is 1. The van der Waals surface area contributed by atoms with E-state index in [-0.39, 0.29) is 0 Å². The van der Waals surface area contributed by atoms with Gasteiger partial charge in [-0.2, -0.15) is 0 Å². The number of hydrogen-bond acceptors (Lipinski definition) is 2. The molecule has 2 rings (SSSR count). The van der Waals surface area contributed by atoms with E-state index in [1.54, 1.807) is 0 Å². The Balaban J connectivity index is 2.09. The van der Waals surface area contributed by atoms with Crippen molar-refractivity contribution in [1.29, 1.82) is 0 Å². The van der Waals surface area contributed by atoms with E-state index in [4.69, 9.17) is 17.4 Å². The molecule has 0 spiro atoms. The number of nitrogens with zero attached hydrogens (tertiary/aromatic N) is 1. The van der Waals surface area contributed by atoms with E-state index in [9.17, 15) is 0 Å². The van der Waals surface area contributed by atoms with Crippen molar-refractivity contribution in [2.24, 2.45) is 10.8 Å². The molecular formula is C14H21ClN4. The zero-order valence-corrected chi connectivity index (χ0v) is 12.0. The highest BCUT2D eigenvalue weighted by molar-refractivity contribution is 6.31. The predicted octanol–water partition coefficient (Wildman–Crippen LogP) is 3.21. The minimum Gasteiger partial charge on any atom is -0.325 e.